The molecule has 38 heavy (non-hydrogen) atoms. The van der Waals surface area contributed by atoms with Crippen LogP contribution in [0.5, 0.6) is 5.75 Å². The standard InChI is InChI=1S/C29H31N3O4S2/c1-20(2)24-11-7-13-26-27(24)30-29(37-26)31(19-21-9-5-4-6-10-21)28(33)25-12-8-18-32(25)38(34,35)23-16-14-22(36-3)15-17-23/h4-7,9-11,13-17,20,25H,8,12,18-19H2,1-3H3. The number of aromatic nitrogens is 1. The van der Waals surface area contributed by atoms with Gasteiger partial charge in [0.15, 0.2) is 5.13 Å². The number of anilines is 1. The lowest BCUT2D eigenvalue weighted by Crippen LogP contribution is -2.47. The topological polar surface area (TPSA) is 79.8 Å². The zero-order valence-corrected chi connectivity index (χ0v) is 23.3. The maximum atomic E-state index is 14.2. The van der Waals surface area contributed by atoms with Crippen molar-refractivity contribution < 1.29 is 17.9 Å². The average Bonchev–Trinajstić information content (AvgIpc) is 3.60. The van der Waals surface area contributed by atoms with E-state index in [2.05, 4.69) is 19.9 Å². The Morgan fingerprint density at radius 3 is 2.50 bits per heavy atom. The van der Waals surface area contributed by atoms with Crippen LogP contribution in [0.15, 0.2) is 77.7 Å². The van der Waals surface area contributed by atoms with Crippen LogP contribution in [0, 0.1) is 0 Å². The summed E-state index contributed by atoms with van der Waals surface area (Å²) in [6, 6.07) is 21.3. The van der Waals surface area contributed by atoms with E-state index >= 15 is 0 Å². The van der Waals surface area contributed by atoms with Crippen LogP contribution >= 0.6 is 11.3 Å². The molecule has 0 radical (unpaired) electrons. The first-order valence-electron chi connectivity index (χ1n) is 12.7. The van der Waals surface area contributed by atoms with Crippen LogP contribution in [0.2, 0.25) is 0 Å². The minimum absolute atomic E-state index is 0.147. The molecule has 1 aliphatic heterocycles. The lowest BCUT2D eigenvalue weighted by molar-refractivity contribution is -0.121. The molecule has 4 aromatic rings. The molecule has 1 unspecified atom stereocenters. The molecule has 1 saturated heterocycles. The lowest BCUT2D eigenvalue weighted by Gasteiger charge is -2.28. The Hall–Kier alpha value is -3.27. The van der Waals surface area contributed by atoms with Crippen molar-refractivity contribution in [3.8, 4) is 5.75 Å². The number of rotatable bonds is 8. The highest BCUT2D eigenvalue weighted by Crippen LogP contribution is 2.36. The predicted molar refractivity (Wildman–Crippen MR) is 151 cm³/mol. The number of benzene rings is 3. The number of fused-ring (bicyclic) bond motifs is 1. The van der Waals surface area contributed by atoms with Crippen LogP contribution in [0.4, 0.5) is 5.13 Å². The van der Waals surface area contributed by atoms with Crippen LogP contribution in [-0.4, -0.2) is 43.3 Å². The lowest BCUT2D eigenvalue weighted by atomic mass is 10.0. The van der Waals surface area contributed by atoms with Gasteiger partial charge in [-0.25, -0.2) is 13.4 Å². The smallest absolute Gasteiger partial charge is 0.247 e. The first kappa shape index (κ1) is 26.3. The second-order valence-electron chi connectivity index (χ2n) is 9.70. The highest BCUT2D eigenvalue weighted by Gasteiger charge is 2.42. The van der Waals surface area contributed by atoms with Crippen LogP contribution < -0.4 is 9.64 Å². The highest BCUT2D eigenvalue weighted by molar-refractivity contribution is 7.89. The number of nitrogens with zero attached hydrogens (tertiary/aromatic N) is 3. The molecule has 1 atom stereocenters. The van der Waals surface area contributed by atoms with E-state index in [1.165, 1.54) is 34.9 Å². The summed E-state index contributed by atoms with van der Waals surface area (Å²) in [6.07, 6.45) is 1.07. The van der Waals surface area contributed by atoms with Gasteiger partial charge in [0.1, 0.15) is 11.8 Å². The first-order chi connectivity index (χ1) is 18.3. The molecule has 1 fully saturated rings. The van der Waals surface area contributed by atoms with E-state index in [0.29, 0.717) is 36.8 Å². The first-order valence-corrected chi connectivity index (χ1v) is 15.0. The summed E-state index contributed by atoms with van der Waals surface area (Å²) in [5.41, 5.74) is 2.97. The molecule has 2 heterocycles. The van der Waals surface area contributed by atoms with Crippen molar-refractivity contribution in [1.29, 1.82) is 0 Å². The highest BCUT2D eigenvalue weighted by atomic mass is 32.2. The summed E-state index contributed by atoms with van der Waals surface area (Å²) in [7, 11) is -2.34. The second-order valence-corrected chi connectivity index (χ2v) is 12.6. The van der Waals surface area contributed by atoms with Gasteiger partial charge < -0.3 is 4.74 Å². The van der Waals surface area contributed by atoms with Crippen LogP contribution in [-0.2, 0) is 21.4 Å². The maximum Gasteiger partial charge on any atom is 0.247 e. The van der Waals surface area contributed by atoms with E-state index in [4.69, 9.17) is 9.72 Å². The average molecular weight is 550 g/mol. The van der Waals surface area contributed by atoms with E-state index in [-0.39, 0.29) is 16.7 Å². The molecule has 0 N–H and O–H groups in total. The molecule has 198 valence electrons. The summed E-state index contributed by atoms with van der Waals surface area (Å²) in [6.45, 7) is 4.85. The minimum Gasteiger partial charge on any atom is -0.497 e. The van der Waals surface area contributed by atoms with Crippen molar-refractivity contribution in [2.24, 2.45) is 0 Å². The summed E-state index contributed by atoms with van der Waals surface area (Å²) < 4.78 is 34.8. The second kappa shape index (κ2) is 10.8. The molecule has 0 aliphatic carbocycles. The molecule has 9 heteroatoms. The van der Waals surface area contributed by atoms with Crippen molar-refractivity contribution >= 4 is 42.6 Å². The minimum atomic E-state index is -3.88. The molecule has 3 aromatic carbocycles. The molecule has 0 saturated carbocycles. The van der Waals surface area contributed by atoms with Gasteiger partial charge in [0, 0.05) is 6.54 Å². The quantitative estimate of drug-likeness (QED) is 0.277. The number of hydrogen-bond acceptors (Lipinski definition) is 6. The molecule has 7 nitrogen and oxygen atoms in total. The van der Waals surface area contributed by atoms with Gasteiger partial charge >= 0.3 is 0 Å². The van der Waals surface area contributed by atoms with Gasteiger partial charge in [-0.15, -0.1) is 0 Å². The number of thiazole rings is 1. The fourth-order valence-corrected chi connectivity index (χ4v) is 7.54. The van der Waals surface area contributed by atoms with Crippen molar-refractivity contribution in [2.45, 2.75) is 50.1 Å². The number of ether oxygens (including phenoxy) is 1. The number of carbonyl (C=O) groups excluding carboxylic acids is 1. The normalized spacial score (nSPS) is 16.3. The van der Waals surface area contributed by atoms with Gasteiger partial charge in [-0.3, -0.25) is 9.69 Å². The Kier molecular flexibility index (Phi) is 7.52. The monoisotopic (exact) mass is 549 g/mol. The number of hydrogen-bond donors (Lipinski definition) is 0. The summed E-state index contributed by atoms with van der Waals surface area (Å²) in [4.78, 5) is 20.9. The van der Waals surface area contributed by atoms with Gasteiger partial charge in [-0.05, 0) is 60.2 Å². The maximum absolute atomic E-state index is 14.2. The Morgan fingerprint density at radius 1 is 1.08 bits per heavy atom. The third-order valence-electron chi connectivity index (χ3n) is 6.90. The molecule has 5 rings (SSSR count). The van der Waals surface area contributed by atoms with Gasteiger partial charge in [0.05, 0.1) is 28.8 Å². The van der Waals surface area contributed by atoms with Gasteiger partial charge in [0.25, 0.3) is 0 Å². The Balaban J connectivity index is 1.53. The Bertz CT molecular complexity index is 1530. The van der Waals surface area contributed by atoms with E-state index in [1.54, 1.807) is 17.0 Å². The van der Waals surface area contributed by atoms with Gasteiger partial charge in [0.2, 0.25) is 15.9 Å². The van der Waals surface area contributed by atoms with Crippen molar-refractivity contribution in [3.05, 3.63) is 83.9 Å². The molecule has 1 aliphatic rings. The molecular formula is C29H31N3O4S2. The van der Waals surface area contributed by atoms with Crippen LogP contribution in [0.25, 0.3) is 10.2 Å². The number of sulfonamides is 1. The predicted octanol–water partition coefficient (Wildman–Crippen LogP) is 5.81. The zero-order valence-electron chi connectivity index (χ0n) is 21.7. The number of amides is 1. The number of carbonyl (C=O) groups is 1. The summed E-state index contributed by atoms with van der Waals surface area (Å²) in [5, 5.41) is 0.579. The van der Waals surface area contributed by atoms with E-state index in [0.717, 1.165) is 21.3 Å². The molecule has 0 spiro atoms. The SMILES string of the molecule is COc1ccc(S(=O)(=O)N2CCCC2C(=O)N(Cc2ccccc2)c2nc3c(C(C)C)cccc3s2)cc1. The molecule has 0 bridgehead atoms. The van der Waals surface area contributed by atoms with Crippen LogP contribution in [0.3, 0.4) is 0 Å². The number of para-hydroxylation sites is 1. The molecule has 1 aromatic heterocycles. The fourth-order valence-electron chi connectivity index (χ4n) is 4.88. The third kappa shape index (κ3) is 5.06. The van der Waals surface area contributed by atoms with Crippen molar-refractivity contribution in [2.75, 3.05) is 18.6 Å². The summed E-state index contributed by atoms with van der Waals surface area (Å²) >= 11 is 1.46. The molecule has 1 amide bonds. The Morgan fingerprint density at radius 2 is 1.82 bits per heavy atom. The van der Waals surface area contributed by atoms with E-state index < -0.39 is 16.1 Å². The number of methoxy groups -OCH3 is 1. The van der Waals surface area contributed by atoms with E-state index in [1.807, 2.05) is 42.5 Å². The van der Waals surface area contributed by atoms with Crippen molar-refractivity contribution in [3.63, 3.8) is 0 Å². The fraction of sp³-hybridized carbons (Fsp3) is 0.310. The zero-order chi connectivity index (χ0) is 26.9. The Labute approximate surface area is 227 Å². The van der Waals surface area contributed by atoms with Crippen LogP contribution in [0.1, 0.15) is 43.7 Å². The van der Waals surface area contributed by atoms with Gasteiger partial charge in [-0.2, -0.15) is 4.31 Å². The van der Waals surface area contributed by atoms with E-state index in [9.17, 15) is 13.2 Å². The largest absolute Gasteiger partial charge is 0.497 e. The summed E-state index contributed by atoms with van der Waals surface area (Å²) in [5.74, 6) is 0.601. The molecular weight excluding hydrogens is 518 g/mol. The van der Waals surface area contributed by atoms with Gasteiger partial charge in [-0.1, -0.05) is 67.6 Å². The third-order valence-corrected chi connectivity index (χ3v) is 9.86. The van der Waals surface area contributed by atoms with Crippen molar-refractivity contribution in [1.82, 2.24) is 9.29 Å².